The van der Waals surface area contributed by atoms with Crippen molar-refractivity contribution >= 4 is 23.3 Å². The third-order valence-electron chi connectivity index (χ3n) is 3.67. The lowest BCUT2D eigenvalue weighted by molar-refractivity contribution is -0.137. The molecule has 0 aliphatic carbocycles. The first-order valence-corrected chi connectivity index (χ1v) is 9.38. The summed E-state index contributed by atoms with van der Waals surface area (Å²) in [6, 6.07) is 2.01. The van der Waals surface area contributed by atoms with Crippen LogP contribution in [0, 0.1) is 6.92 Å². The summed E-state index contributed by atoms with van der Waals surface area (Å²) in [6.07, 6.45) is -4.69. The minimum absolute atomic E-state index is 0.151. The van der Waals surface area contributed by atoms with Crippen LogP contribution in [-0.2, 0) is 17.5 Å². The van der Waals surface area contributed by atoms with Crippen LogP contribution in [0.15, 0.2) is 23.8 Å². The monoisotopic (exact) mass is 430 g/mol. The molecule has 0 aromatic carbocycles. The highest BCUT2D eigenvalue weighted by Gasteiger charge is 2.32. The zero-order valence-corrected chi connectivity index (χ0v) is 17.4. The van der Waals surface area contributed by atoms with Crippen molar-refractivity contribution in [1.29, 1.82) is 0 Å². The Labute approximate surface area is 170 Å². The molecule has 11 heteroatoms. The lowest BCUT2D eigenvalue weighted by Crippen LogP contribution is -2.49. The maximum atomic E-state index is 12.8. The third kappa shape index (κ3) is 5.89. The summed E-state index contributed by atoms with van der Waals surface area (Å²) < 4.78 is 43.6. The van der Waals surface area contributed by atoms with Gasteiger partial charge in [0.25, 0.3) is 5.91 Å². The van der Waals surface area contributed by atoms with E-state index in [0.29, 0.717) is 11.1 Å². The third-order valence-corrected chi connectivity index (χ3v) is 4.43. The van der Waals surface area contributed by atoms with Gasteiger partial charge in [0.15, 0.2) is 0 Å². The van der Waals surface area contributed by atoms with E-state index >= 15 is 0 Å². The van der Waals surface area contributed by atoms with Crippen LogP contribution in [0.5, 0.6) is 0 Å². The van der Waals surface area contributed by atoms with Gasteiger partial charge in [0.1, 0.15) is 11.3 Å². The largest absolute Gasteiger partial charge is 0.442 e. The van der Waals surface area contributed by atoms with Gasteiger partial charge in [-0.05, 0) is 39.8 Å². The van der Waals surface area contributed by atoms with Crippen molar-refractivity contribution in [2.45, 2.75) is 46.0 Å². The molecule has 158 valence electrons. The van der Waals surface area contributed by atoms with E-state index in [9.17, 15) is 22.8 Å². The van der Waals surface area contributed by atoms with Gasteiger partial charge in [-0.1, -0.05) is 0 Å². The molecule has 2 aromatic rings. The first kappa shape index (κ1) is 22.6. The molecule has 2 amide bonds. The zero-order valence-electron chi connectivity index (χ0n) is 16.6. The van der Waals surface area contributed by atoms with Crippen molar-refractivity contribution in [2.24, 2.45) is 0 Å². The van der Waals surface area contributed by atoms with Crippen molar-refractivity contribution in [3.8, 4) is 0 Å². The molecule has 0 atom stereocenters. The second-order valence-corrected chi connectivity index (χ2v) is 8.22. The number of rotatable bonds is 3. The standard InChI is InChI=1S/C18H21F3N4O3S/c1-11-14(23-10-29-11)15(26)24(5)25(16(27)28-17(2,3)4)9-13-7-6-12(8-22-13)18(19,20)21/h6-8,10H,9H2,1-5H3. The number of carbonyl (C=O) groups is 2. The van der Waals surface area contributed by atoms with E-state index in [2.05, 4.69) is 9.97 Å². The molecule has 0 unspecified atom stereocenters. The van der Waals surface area contributed by atoms with E-state index in [1.807, 2.05) is 0 Å². The number of ether oxygens (including phenoxy) is 1. The highest BCUT2D eigenvalue weighted by Crippen LogP contribution is 2.28. The molecule has 2 rings (SSSR count). The first-order chi connectivity index (χ1) is 13.3. The maximum absolute atomic E-state index is 12.8. The molecule has 0 saturated carbocycles. The summed E-state index contributed by atoms with van der Waals surface area (Å²) in [4.78, 5) is 33.9. The first-order valence-electron chi connectivity index (χ1n) is 8.50. The minimum atomic E-state index is -4.52. The highest BCUT2D eigenvalue weighted by molar-refractivity contribution is 7.09. The molecule has 7 nitrogen and oxygen atoms in total. The summed E-state index contributed by atoms with van der Waals surface area (Å²) in [5.74, 6) is -0.554. The number of hydrazine groups is 1. The maximum Gasteiger partial charge on any atom is 0.429 e. The fourth-order valence-corrected chi connectivity index (χ4v) is 2.79. The van der Waals surface area contributed by atoms with Crippen molar-refractivity contribution in [3.63, 3.8) is 0 Å². The number of thiazole rings is 1. The van der Waals surface area contributed by atoms with Crippen LogP contribution in [0.3, 0.4) is 0 Å². The number of alkyl halides is 3. The van der Waals surface area contributed by atoms with E-state index in [0.717, 1.165) is 22.2 Å². The van der Waals surface area contributed by atoms with Gasteiger partial charge in [0, 0.05) is 18.1 Å². The fourth-order valence-electron chi connectivity index (χ4n) is 2.22. The number of aryl methyl sites for hydroxylation is 1. The van der Waals surface area contributed by atoms with E-state index < -0.39 is 29.3 Å². The number of pyridine rings is 1. The van der Waals surface area contributed by atoms with Crippen LogP contribution < -0.4 is 0 Å². The second kappa shape index (κ2) is 8.36. The van der Waals surface area contributed by atoms with E-state index in [1.165, 1.54) is 23.9 Å². The summed E-state index contributed by atoms with van der Waals surface area (Å²) >= 11 is 1.28. The molecule has 0 fully saturated rings. The Morgan fingerprint density at radius 3 is 2.28 bits per heavy atom. The van der Waals surface area contributed by atoms with Crippen LogP contribution in [0.1, 0.15) is 47.4 Å². The average Bonchev–Trinajstić information content (AvgIpc) is 3.02. The van der Waals surface area contributed by atoms with Gasteiger partial charge in [0.05, 0.1) is 23.3 Å². The van der Waals surface area contributed by atoms with Gasteiger partial charge in [-0.2, -0.15) is 13.2 Å². The van der Waals surface area contributed by atoms with Gasteiger partial charge in [-0.25, -0.2) is 19.8 Å². The van der Waals surface area contributed by atoms with Crippen LogP contribution in [0.25, 0.3) is 0 Å². The SMILES string of the molecule is Cc1scnc1C(=O)N(C)N(Cc1ccc(C(F)(F)F)cn1)C(=O)OC(C)(C)C. The molecule has 0 spiro atoms. The smallest absolute Gasteiger partial charge is 0.429 e. The van der Waals surface area contributed by atoms with E-state index in [-0.39, 0.29) is 17.9 Å². The number of amides is 2. The lowest BCUT2D eigenvalue weighted by Gasteiger charge is -2.33. The predicted octanol–water partition coefficient (Wildman–Crippen LogP) is 4.29. The quantitative estimate of drug-likeness (QED) is 0.679. The molecular weight excluding hydrogens is 409 g/mol. The van der Waals surface area contributed by atoms with Gasteiger partial charge in [-0.15, -0.1) is 11.3 Å². The highest BCUT2D eigenvalue weighted by atomic mass is 32.1. The number of hydrogen-bond acceptors (Lipinski definition) is 6. The van der Waals surface area contributed by atoms with Crippen molar-refractivity contribution in [1.82, 2.24) is 20.0 Å². The summed E-state index contributed by atoms with van der Waals surface area (Å²) in [7, 11) is 1.36. The summed E-state index contributed by atoms with van der Waals surface area (Å²) in [5, 5.41) is 2.00. The van der Waals surface area contributed by atoms with Crippen LogP contribution in [0.2, 0.25) is 0 Å². The molecule has 0 radical (unpaired) electrons. The molecule has 29 heavy (non-hydrogen) atoms. The zero-order chi connectivity index (χ0) is 22.0. The Morgan fingerprint density at radius 1 is 1.17 bits per heavy atom. The molecule has 2 heterocycles. The Kier molecular flexibility index (Phi) is 6.51. The molecule has 0 saturated heterocycles. The summed E-state index contributed by atoms with van der Waals surface area (Å²) in [6.45, 7) is 6.43. The topological polar surface area (TPSA) is 75.6 Å². The van der Waals surface area contributed by atoms with Gasteiger partial charge in [0.2, 0.25) is 0 Å². The van der Waals surface area contributed by atoms with Crippen LogP contribution >= 0.6 is 11.3 Å². The molecule has 2 aromatic heterocycles. The van der Waals surface area contributed by atoms with E-state index in [4.69, 9.17) is 4.74 Å². The number of halogens is 3. The fraction of sp³-hybridized carbons (Fsp3) is 0.444. The van der Waals surface area contributed by atoms with E-state index in [1.54, 1.807) is 27.7 Å². The molecule has 0 aliphatic rings. The number of hydrogen-bond donors (Lipinski definition) is 0. The predicted molar refractivity (Wildman–Crippen MR) is 100.0 cm³/mol. The van der Waals surface area contributed by atoms with Gasteiger partial charge >= 0.3 is 12.3 Å². The van der Waals surface area contributed by atoms with Gasteiger partial charge < -0.3 is 4.74 Å². The van der Waals surface area contributed by atoms with Crippen molar-refractivity contribution in [3.05, 3.63) is 45.7 Å². The minimum Gasteiger partial charge on any atom is -0.442 e. The van der Waals surface area contributed by atoms with Crippen molar-refractivity contribution in [2.75, 3.05) is 7.05 Å². The van der Waals surface area contributed by atoms with Crippen LogP contribution in [-0.4, -0.2) is 44.6 Å². The molecule has 0 N–H and O–H groups in total. The Balaban J connectivity index is 2.31. The van der Waals surface area contributed by atoms with Gasteiger partial charge in [-0.3, -0.25) is 9.78 Å². The number of nitrogens with zero attached hydrogens (tertiary/aromatic N) is 4. The second-order valence-electron chi connectivity index (χ2n) is 7.16. The summed E-state index contributed by atoms with van der Waals surface area (Å²) in [5.41, 5.74) is 0.0761. The molecule has 0 aliphatic heterocycles. The Morgan fingerprint density at radius 2 is 1.83 bits per heavy atom. The lowest BCUT2D eigenvalue weighted by atomic mass is 10.2. The number of carbonyl (C=O) groups excluding carboxylic acids is 2. The molecule has 0 bridgehead atoms. The Bertz CT molecular complexity index is 876. The van der Waals surface area contributed by atoms with Crippen molar-refractivity contribution < 1.29 is 27.5 Å². The normalized spacial score (nSPS) is 11.9. The molecular formula is C18H21F3N4O3S. The average molecular weight is 430 g/mol. The Hall–Kier alpha value is -2.69. The number of aromatic nitrogens is 2. The van der Waals surface area contributed by atoms with Crippen LogP contribution in [0.4, 0.5) is 18.0 Å².